The lowest BCUT2D eigenvalue weighted by Gasteiger charge is -2.17. The molecule has 0 radical (unpaired) electrons. The molecule has 0 amide bonds. The number of nitrogen functional groups attached to an aromatic ring is 1. The van der Waals surface area contributed by atoms with Crippen molar-refractivity contribution in [2.24, 2.45) is 0 Å². The number of hydrogen-bond acceptors (Lipinski definition) is 2. The second kappa shape index (κ2) is 6.04. The van der Waals surface area contributed by atoms with Crippen LogP contribution in [0.3, 0.4) is 0 Å². The molecule has 0 bridgehead atoms. The summed E-state index contributed by atoms with van der Waals surface area (Å²) in [6.45, 7) is 1.24. The molecule has 0 fully saturated rings. The maximum Gasteiger partial charge on any atom is 0.127 e. The van der Waals surface area contributed by atoms with Gasteiger partial charge in [0.2, 0.25) is 0 Å². The van der Waals surface area contributed by atoms with Gasteiger partial charge in [0.05, 0.1) is 10.7 Å². The van der Waals surface area contributed by atoms with Gasteiger partial charge in [0.1, 0.15) is 5.82 Å². The summed E-state index contributed by atoms with van der Waals surface area (Å²) in [6, 6.07) is 12.4. The topological polar surface area (TPSA) is 29.3 Å². The molecular formula is C15H16ClFN2. The average molecular weight is 279 g/mol. The first-order valence-corrected chi connectivity index (χ1v) is 6.40. The van der Waals surface area contributed by atoms with Crippen molar-refractivity contribution < 1.29 is 4.39 Å². The number of benzene rings is 2. The largest absolute Gasteiger partial charge is 0.398 e. The first-order chi connectivity index (χ1) is 9.06. The van der Waals surface area contributed by atoms with Crippen molar-refractivity contribution in [1.29, 1.82) is 0 Å². The van der Waals surface area contributed by atoms with E-state index in [0.717, 1.165) is 5.56 Å². The maximum absolute atomic E-state index is 13.5. The molecule has 0 saturated heterocycles. The minimum absolute atomic E-state index is 0.176. The predicted octanol–water partition coefficient (Wildman–Crippen LogP) is 3.69. The molecule has 0 atom stereocenters. The molecule has 19 heavy (non-hydrogen) atoms. The Hall–Kier alpha value is -1.58. The molecule has 0 saturated carbocycles. The molecule has 4 heteroatoms. The van der Waals surface area contributed by atoms with Gasteiger partial charge in [0.25, 0.3) is 0 Å². The highest BCUT2D eigenvalue weighted by atomic mass is 35.5. The number of anilines is 1. The van der Waals surface area contributed by atoms with Crippen molar-refractivity contribution >= 4 is 17.3 Å². The summed E-state index contributed by atoms with van der Waals surface area (Å²) in [5.41, 5.74) is 7.98. The minimum atomic E-state index is -0.176. The molecule has 0 aliphatic rings. The van der Waals surface area contributed by atoms with Crippen LogP contribution >= 0.6 is 11.6 Å². The standard InChI is InChI=1S/C15H16ClFN2/c1-19(10-12-4-2-3-5-14(12)17)9-11-6-7-15(18)13(16)8-11/h2-8H,9-10,18H2,1H3. The highest BCUT2D eigenvalue weighted by molar-refractivity contribution is 6.33. The Morgan fingerprint density at radius 3 is 2.58 bits per heavy atom. The molecule has 2 rings (SSSR count). The van der Waals surface area contributed by atoms with Crippen LogP contribution in [0.4, 0.5) is 10.1 Å². The molecule has 0 unspecified atom stereocenters. The third-order valence-electron chi connectivity index (χ3n) is 2.92. The fourth-order valence-electron chi connectivity index (χ4n) is 1.95. The third-order valence-corrected chi connectivity index (χ3v) is 3.24. The molecule has 2 aromatic carbocycles. The van der Waals surface area contributed by atoms with Crippen LogP contribution in [-0.4, -0.2) is 11.9 Å². The zero-order chi connectivity index (χ0) is 13.8. The van der Waals surface area contributed by atoms with Gasteiger partial charge in [-0.3, -0.25) is 4.90 Å². The molecule has 0 spiro atoms. The summed E-state index contributed by atoms with van der Waals surface area (Å²) in [7, 11) is 1.94. The van der Waals surface area contributed by atoms with Crippen LogP contribution in [0.15, 0.2) is 42.5 Å². The summed E-state index contributed by atoms with van der Waals surface area (Å²) in [4.78, 5) is 2.03. The van der Waals surface area contributed by atoms with Gasteiger partial charge >= 0.3 is 0 Å². The van der Waals surface area contributed by atoms with Gasteiger partial charge in [-0.05, 0) is 30.8 Å². The van der Waals surface area contributed by atoms with Gasteiger partial charge in [-0.15, -0.1) is 0 Å². The average Bonchev–Trinajstić information content (AvgIpc) is 2.37. The predicted molar refractivity (Wildman–Crippen MR) is 77.4 cm³/mol. The second-order valence-corrected chi connectivity index (χ2v) is 5.03. The maximum atomic E-state index is 13.5. The Bertz CT molecular complexity index is 572. The van der Waals surface area contributed by atoms with Gasteiger partial charge in [0.15, 0.2) is 0 Å². The van der Waals surface area contributed by atoms with Crippen molar-refractivity contribution in [1.82, 2.24) is 4.90 Å². The van der Waals surface area contributed by atoms with E-state index < -0.39 is 0 Å². The molecule has 0 aliphatic carbocycles. The van der Waals surface area contributed by atoms with Crippen LogP contribution in [0.5, 0.6) is 0 Å². The SMILES string of the molecule is CN(Cc1ccc(N)c(Cl)c1)Cc1ccccc1F. The Morgan fingerprint density at radius 2 is 1.89 bits per heavy atom. The van der Waals surface area contributed by atoms with E-state index in [1.54, 1.807) is 18.2 Å². The van der Waals surface area contributed by atoms with Crippen LogP contribution in [0.25, 0.3) is 0 Å². The number of nitrogens with two attached hydrogens (primary N) is 1. The summed E-state index contributed by atoms with van der Waals surface area (Å²) < 4.78 is 13.5. The molecule has 2 N–H and O–H groups in total. The summed E-state index contributed by atoms with van der Waals surface area (Å²) in [5, 5.41) is 0.553. The van der Waals surface area contributed by atoms with Crippen LogP contribution in [0.2, 0.25) is 5.02 Å². The smallest absolute Gasteiger partial charge is 0.127 e. The van der Waals surface area contributed by atoms with E-state index in [1.165, 1.54) is 6.07 Å². The first-order valence-electron chi connectivity index (χ1n) is 6.02. The van der Waals surface area contributed by atoms with E-state index >= 15 is 0 Å². The van der Waals surface area contributed by atoms with Crippen LogP contribution in [0.1, 0.15) is 11.1 Å². The van der Waals surface area contributed by atoms with Crippen molar-refractivity contribution in [3.05, 3.63) is 64.4 Å². The Balaban J connectivity index is 2.03. The zero-order valence-corrected chi connectivity index (χ0v) is 11.5. The molecule has 2 aromatic rings. The fourth-order valence-corrected chi connectivity index (χ4v) is 2.16. The molecule has 0 aromatic heterocycles. The van der Waals surface area contributed by atoms with E-state index in [2.05, 4.69) is 0 Å². The van der Waals surface area contributed by atoms with Crippen molar-refractivity contribution in [2.45, 2.75) is 13.1 Å². The van der Waals surface area contributed by atoms with Crippen LogP contribution in [-0.2, 0) is 13.1 Å². The van der Waals surface area contributed by atoms with Gasteiger partial charge < -0.3 is 5.73 Å². The summed E-state index contributed by atoms with van der Waals surface area (Å²) in [5.74, 6) is -0.176. The fraction of sp³-hybridized carbons (Fsp3) is 0.200. The second-order valence-electron chi connectivity index (χ2n) is 4.62. The number of rotatable bonds is 4. The van der Waals surface area contributed by atoms with Crippen molar-refractivity contribution in [3.8, 4) is 0 Å². The number of hydrogen-bond donors (Lipinski definition) is 1. The van der Waals surface area contributed by atoms with Crippen molar-refractivity contribution in [3.63, 3.8) is 0 Å². The normalized spacial score (nSPS) is 10.9. The Labute approximate surface area is 117 Å². The third kappa shape index (κ3) is 3.69. The molecule has 0 aliphatic heterocycles. The highest BCUT2D eigenvalue weighted by Gasteiger charge is 2.06. The minimum Gasteiger partial charge on any atom is -0.398 e. The van der Waals surface area contributed by atoms with Crippen LogP contribution < -0.4 is 5.73 Å². The van der Waals surface area contributed by atoms with E-state index in [1.807, 2.05) is 30.1 Å². The Morgan fingerprint density at radius 1 is 1.16 bits per heavy atom. The van der Waals surface area contributed by atoms with E-state index in [-0.39, 0.29) is 5.82 Å². The quantitative estimate of drug-likeness (QED) is 0.864. The lowest BCUT2D eigenvalue weighted by atomic mass is 10.1. The van der Waals surface area contributed by atoms with Gasteiger partial charge in [-0.1, -0.05) is 35.9 Å². The molecule has 2 nitrogen and oxygen atoms in total. The van der Waals surface area contributed by atoms with E-state index in [0.29, 0.717) is 29.4 Å². The summed E-state index contributed by atoms with van der Waals surface area (Å²) >= 11 is 5.98. The van der Waals surface area contributed by atoms with E-state index in [9.17, 15) is 4.39 Å². The van der Waals surface area contributed by atoms with Crippen molar-refractivity contribution in [2.75, 3.05) is 12.8 Å². The molecule has 0 heterocycles. The van der Waals surface area contributed by atoms with Crippen LogP contribution in [0, 0.1) is 5.82 Å². The Kier molecular flexibility index (Phi) is 4.40. The lowest BCUT2D eigenvalue weighted by molar-refractivity contribution is 0.313. The number of nitrogens with zero attached hydrogens (tertiary/aromatic N) is 1. The molecular weight excluding hydrogens is 263 g/mol. The lowest BCUT2D eigenvalue weighted by Crippen LogP contribution is -2.18. The van der Waals surface area contributed by atoms with Gasteiger partial charge in [0, 0.05) is 18.7 Å². The molecule has 100 valence electrons. The highest BCUT2D eigenvalue weighted by Crippen LogP contribution is 2.20. The summed E-state index contributed by atoms with van der Waals surface area (Å²) in [6.07, 6.45) is 0. The van der Waals surface area contributed by atoms with E-state index in [4.69, 9.17) is 17.3 Å². The monoisotopic (exact) mass is 278 g/mol. The van der Waals surface area contributed by atoms with Gasteiger partial charge in [-0.2, -0.15) is 0 Å². The zero-order valence-electron chi connectivity index (χ0n) is 10.7. The first kappa shape index (κ1) is 13.8. The number of halogens is 2. The van der Waals surface area contributed by atoms with Gasteiger partial charge in [-0.25, -0.2) is 4.39 Å².